The Balaban J connectivity index is 2.09. The van der Waals surface area contributed by atoms with Gasteiger partial charge in [0.2, 0.25) is 0 Å². The number of rotatable bonds is 4. The maximum Gasteiger partial charge on any atom is 0.435 e. The van der Waals surface area contributed by atoms with Gasteiger partial charge in [0.25, 0.3) is 5.91 Å². The van der Waals surface area contributed by atoms with Crippen LogP contribution < -0.4 is 9.75 Å². The molecule has 0 bridgehead atoms. The Morgan fingerprint density at radius 2 is 1.73 bits per heavy atom. The maximum absolute atomic E-state index is 13.4. The molecule has 1 aliphatic rings. The van der Waals surface area contributed by atoms with Crippen LogP contribution in [0.15, 0.2) is 65.3 Å². The van der Waals surface area contributed by atoms with Crippen molar-refractivity contribution >= 4 is 23.4 Å². The van der Waals surface area contributed by atoms with E-state index in [1.165, 1.54) is 18.2 Å². The molecule has 1 heterocycles. The van der Waals surface area contributed by atoms with Crippen molar-refractivity contribution < 1.29 is 22.7 Å². The van der Waals surface area contributed by atoms with Gasteiger partial charge in [0.15, 0.2) is 5.71 Å². The predicted molar refractivity (Wildman–Crippen MR) is 93.0 cm³/mol. The van der Waals surface area contributed by atoms with Gasteiger partial charge in [-0.05, 0) is 31.2 Å². The second-order valence-corrected chi connectivity index (χ2v) is 5.43. The SMILES string of the molecule is CCOc1ccccc1/C=C1\C(=O)N(c2ccccc2)N=C1C(F)(F)F. The summed E-state index contributed by atoms with van der Waals surface area (Å²) < 4.78 is 45.8. The molecule has 134 valence electrons. The highest BCUT2D eigenvalue weighted by atomic mass is 19.4. The lowest BCUT2D eigenvalue weighted by atomic mass is 10.1. The van der Waals surface area contributed by atoms with Gasteiger partial charge >= 0.3 is 6.18 Å². The van der Waals surface area contributed by atoms with Crippen LogP contribution in [0.1, 0.15) is 12.5 Å². The first-order valence-electron chi connectivity index (χ1n) is 7.91. The molecule has 2 aromatic carbocycles. The van der Waals surface area contributed by atoms with Gasteiger partial charge < -0.3 is 4.74 Å². The molecule has 0 aromatic heterocycles. The van der Waals surface area contributed by atoms with Crippen LogP contribution in [0, 0.1) is 0 Å². The van der Waals surface area contributed by atoms with Crippen molar-refractivity contribution in [3.63, 3.8) is 0 Å². The molecular weight excluding hydrogens is 345 g/mol. The Kier molecular flexibility index (Phi) is 4.79. The number of carbonyl (C=O) groups excluding carboxylic acids is 1. The van der Waals surface area contributed by atoms with E-state index in [-0.39, 0.29) is 5.69 Å². The quantitative estimate of drug-likeness (QED) is 0.757. The third-order valence-electron chi connectivity index (χ3n) is 3.67. The summed E-state index contributed by atoms with van der Waals surface area (Å²) in [6.45, 7) is 2.12. The summed E-state index contributed by atoms with van der Waals surface area (Å²) in [6.07, 6.45) is -3.59. The number of ether oxygens (including phenoxy) is 1. The zero-order valence-corrected chi connectivity index (χ0v) is 13.8. The smallest absolute Gasteiger partial charge is 0.435 e. The summed E-state index contributed by atoms with van der Waals surface area (Å²) in [5.74, 6) is -0.440. The third kappa shape index (κ3) is 3.46. The number of hydrogen-bond acceptors (Lipinski definition) is 3. The number of alkyl halides is 3. The van der Waals surface area contributed by atoms with E-state index >= 15 is 0 Å². The molecule has 1 aliphatic heterocycles. The second kappa shape index (κ2) is 7.03. The molecule has 0 spiro atoms. The fourth-order valence-electron chi connectivity index (χ4n) is 2.54. The lowest BCUT2D eigenvalue weighted by Crippen LogP contribution is -2.25. The summed E-state index contributed by atoms with van der Waals surface area (Å²) in [5.41, 5.74) is -1.10. The molecule has 0 unspecified atom stereocenters. The third-order valence-corrected chi connectivity index (χ3v) is 3.67. The molecular formula is C19H15F3N2O2. The van der Waals surface area contributed by atoms with E-state index in [9.17, 15) is 18.0 Å². The van der Waals surface area contributed by atoms with E-state index in [4.69, 9.17) is 4.74 Å². The molecule has 1 amide bonds. The van der Waals surface area contributed by atoms with Crippen LogP contribution in [0.5, 0.6) is 5.75 Å². The summed E-state index contributed by atoms with van der Waals surface area (Å²) in [7, 11) is 0. The van der Waals surface area contributed by atoms with Gasteiger partial charge in [-0.2, -0.15) is 23.3 Å². The van der Waals surface area contributed by atoms with Crippen LogP contribution >= 0.6 is 0 Å². The number of benzene rings is 2. The minimum atomic E-state index is -4.76. The van der Waals surface area contributed by atoms with Crippen molar-refractivity contribution in [3.05, 3.63) is 65.7 Å². The summed E-state index contributed by atoms with van der Waals surface area (Å²) in [4.78, 5) is 12.6. The van der Waals surface area contributed by atoms with Gasteiger partial charge in [-0.25, -0.2) is 0 Å². The molecule has 0 N–H and O–H groups in total. The molecule has 26 heavy (non-hydrogen) atoms. The lowest BCUT2D eigenvalue weighted by Gasteiger charge is -2.11. The number of halogens is 3. The zero-order chi connectivity index (χ0) is 18.7. The summed E-state index contributed by atoms with van der Waals surface area (Å²) in [5, 5.41) is 4.29. The van der Waals surface area contributed by atoms with Crippen molar-refractivity contribution in [3.8, 4) is 5.75 Å². The molecule has 2 aromatic rings. The first-order valence-corrected chi connectivity index (χ1v) is 7.91. The van der Waals surface area contributed by atoms with Crippen LogP contribution in [-0.4, -0.2) is 24.4 Å². The number of carbonyl (C=O) groups is 1. The van der Waals surface area contributed by atoms with Gasteiger partial charge in [0, 0.05) is 5.56 Å². The van der Waals surface area contributed by atoms with Crippen LogP contribution in [0.2, 0.25) is 0 Å². The average molecular weight is 360 g/mol. The number of hydrazone groups is 1. The van der Waals surface area contributed by atoms with E-state index < -0.39 is 23.4 Å². The van der Waals surface area contributed by atoms with Gasteiger partial charge in [-0.1, -0.05) is 36.4 Å². The molecule has 0 radical (unpaired) electrons. The van der Waals surface area contributed by atoms with Gasteiger partial charge in [-0.15, -0.1) is 0 Å². The van der Waals surface area contributed by atoms with E-state index in [1.807, 2.05) is 0 Å². The minimum Gasteiger partial charge on any atom is -0.493 e. The Bertz CT molecular complexity index is 874. The maximum atomic E-state index is 13.4. The Labute approximate surface area is 148 Å². The van der Waals surface area contributed by atoms with Crippen LogP contribution in [0.25, 0.3) is 6.08 Å². The highest BCUT2D eigenvalue weighted by Gasteiger charge is 2.46. The van der Waals surface area contributed by atoms with Crippen molar-refractivity contribution in [2.75, 3.05) is 11.6 Å². The number of amides is 1. The molecule has 0 saturated carbocycles. The van der Waals surface area contributed by atoms with Gasteiger partial charge in [-0.3, -0.25) is 4.79 Å². The molecule has 0 fully saturated rings. The van der Waals surface area contributed by atoms with E-state index in [2.05, 4.69) is 5.10 Å². The van der Waals surface area contributed by atoms with Crippen molar-refractivity contribution in [1.82, 2.24) is 0 Å². The van der Waals surface area contributed by atoms with Crippen molar-refractivity contribution in [2.45, 2.75) is 13.1 Å². The number of anilines is 1. The van der Waals surface area contributed by atoms with Crippen molar-refractivity contribution in [1.29, 1.82) is 0 Å². The predicted octanol–water partition coefficient (Wildman–Crippen LogP) is 4.43. The summed E-state index contributed by atoms with van der Waals surface area (Å²) in [6, 6.07) is 14.6. The number of nitrogens with zero attached hydrogens (tertiary/aromatic N) is 2. The van der Waals surface area contributed by atoms with E-state index in [0.717, 1.165) is 5.01 Å². The molecule has 0 saturated heterocycles. The van der Waals surface area contributed by atoms with Crippen LogP contribution in [0.3, 0.4) is 0 Å². The molecule has 0 aliphatic carbocycles. The van der Waals surface area contributed by atoms with Gasteiger partial charge in [0.05, 0.1) is 17.9 Å². The largest absolute Gasteiger partial charge is 0.493 e. The van der Waals surface area contributed by atoms with Crippen LogP contribution in [0.4, 0.5) is 18.9 Å². The van der Waals surface area contributed by atoms with Gasteiger partial charge in [0.1, 0.15) is 5.75 Å². The number of hydrogen-bond donors (Lipinski definition) is 0. The first kappa shape index (κ1) is 17.7. The minimum absolute atomic E-state index is 0.265. The highest BCUT2D eigenvalue weighted by Crippen LogP contribution is 2.33. The number of para-hydroxylation sites is 2. The second-order valence-electron chi connectivity index (χ2n) is 5.43. The fourth-order valence-corrected chi connectivity index (χ4v) is 2.54. The van der Waals surface area contributed by atoms with E-state index in [0.29, 0.717) is 17.9 Å². The molecule has 3 rings (SSSR count). The lowest BCUT2D eigenvalue weighted by molar-refractivity contribution is -0.114. The summed E-state index contributed by atoms with van der Waals surface area (Å²) >= 11 is 0. The Morgan fingerprint density at radius 1 is 1.08 bits per heavy atom. The standard InChI is InChI=1S/C19H15F3N2O2/c1-2-26-16-11-7-6-8-13(16)12-15-17(19(20,21)22)23-24(18(15)25)14-9-4-3-5-10-14/h3-12H,2H2,1H3/b15-12-. The molecule has 4 nitrogen and oxygen atoms in total. The first-order chi connectivity index (χ1) is 12.4. The fraction of sp³-hybridized carbons (Fsp3) is 0.158. The molecule has 0 atom stereocenters. The van der Waals surface area contributed by atoms with Crippen LogP contribution in [-0.2, 0) is 4.79 Å². The topological polar surface area (TPSA) is 41.9 Å². The van der Waals surface area contributed by atoms with Crippen molar-refractivity contribution in [2.24, 2.45) is 5.10 Å². The monoisotopic (exact) mass is 360 g/mol. The van der Waals surface area contributed by atoms with E-state index in [1.54, 1.807) is 49.4 Å². The normalized spacial score (nSPS) is 16.2. The molecule has 7 heteroatoms. The highest BCUT2D eigenvalue weighted by molar-refractivity contribution is 6.34. The average Bonchev–Trinajstić information content (AvgIpc) is 2.95. The zero-order valence-electron chi connectivity index (χ0n) is 13.8. The Hall–Kier alpha value is -3.09. The Morgan fingerprint density at radius 3 is 2.38 bits per heavy atom.